The lowest BCUT2D eigenvalue weighted by molar-refractivity contribution is 0.343. The van der Waals surface area contributed by atoms with Gasteiger partial charge in [0.15, 0.2) is 21.3 Å². The maximum absolute atomic E-state index is 13.1. The molecule has 2 aromatic carbocycles. The molecule has 1 aliphatic rings. The van der Waals surface area contributed by atoms with Crippen molar-refractivity contribution in [1.82, 2.24) is 4.31 Å². The molecule has 0 radical (unpaired) electrons. The molecule has 0 N–H and O–H groups in total. The standard InChI is InChI=1S/C19H22FNO6S2/c1-26-18-8-7-17(13-19(18)27-2)29(24,25)21-11-9-16(10-12-21)28(22,23)15-5-3-14(20)4-6-15/h3-8,13,16H,9-12H2,1-2H3. The minimum Gasteiger partial charge on any atom is -0.493 e. The average Bonchev–Trinajstić information content (AvgIpc) is 2.73. The molecular formula is C19H22FNO6S2. The smallest absolute Gasteiger partial charge is 0.243 e. The van der Waals surface area contributed by atoms with E-state index in [2.05, 4.69) is 0 Å². The summed E-state index contributed by atoms with van der Waals surface area (Å²) in [6.45, 7) is 0.142. The van der Waals surface area contributed by atoms with Crippen LogP contribution in [-0.4, -0.2) is 53.7 Å². The minimum absolute atomic E-state index is 0.0418. The number of hydrogen-bond donors (Lipinski definition) is 0. The Labute approximate surface area is 170 Å². The Balaban J connectivity index is 1.77. The maximum Gasteiger partial charge on any atom is 0.243 e. The van der Waals surface area contributed by atoms with Gasteiger partial charge >= 0.3 is 0 Å². The first kappa shape index (κ1) is 21.5. The fraction of sp³-hybridized carbons (Fsp3) is 0.368. The molecule has 0 aliphatic carbocycles. The van der Waals surface area contributed by atoms with E-state index in [1.165, 1.54) is 48.9 Å². The van der Waals surface area contributed by atoms with Crippen molar-refractivity contribution in [3.05, 3.63) is 48.3 Å². The van der Waals surface area contributed by atoms with Gasteiger partial charge in [-0.1, -0.05) is 0 Å². The number of hydrogen-bond acceptors (Lipinski definition) is 6. The summed E-state index contributed by atoms with van der Waals surface area (Å²) in [7, 11) is -4.59. The van der Waals surface area contributed by atoms with Crippen LogP contribution in [0.15, 0.2) is 52.3 Å². The van der Waals surface area contributed by atoms with E-state index in [1.807, 2.05) is 0 Å². The summed E-state index contributed by atoms with van der Waals surface area (Å²) in [5.74, 6) is 0.192. The fourth-order valence-corrected chi connectivity index (χ4v) is 6.54. The van der Waals surface area contributed by atoms with Crippen LogP contribution < -0.4 is 9.47 Å². The minimum atomic E-state index is -3.81. The van der Waals surface area contributed by atoms with Gasteiger partial charge in [-0.05, 0) is 49.2 Å². The zero-order valence-corrected chi connectivity index (χ0v) is 17.7. The first-order valence-corrected chi connectivity index (χ1v) is 11.9. The summed E-state index contributed by atoms with van der Waals surface area (Å²) in [4.78, 5) is 0.0927. The van der Waals surface area contributed by atoms with Crippen molar-refractivity contribution in [1.29, 1.82) is 0 Å². The fourth-order valence-electron chi connectivity index (χ4n) is 3.33. The Morgan fingerprint density at radius 3 is 1.97 bits per heavy atom. The van der Waals surface area contributed by atoms with Crippen LogP contribution in [0.3, 0.4) is 0 Å². The van der Waals surface area contributed by atoms with Crippen molar-refractivity contribution in [3.8, 4) is 11.5 Å². The Morgan fingerprint density at radius 1 is 0.862 bits per heavy atom. The average molecular weight is 444 g/mol. The van der Waals surface area contributed by atoms with E-state index in [4.69, 9.17) is 9.47 Å². The van der Waals surface area contributed by atoms with Crippen molar-refractivity contribution in [3.63, 3.8) is 0 Å². The highest BCUT2D eigenvalue weighted by Gasteiger charge is 2.36. The Morgan fingerprint density at radius 2 is 1.41 bits per heavy atom. The van der Waals surface area contributed by atoms with E-state index < -0.39 is 30.9 Å². The molecule has 0 spiro atoms. The van der Waals surface area contributed by atoms with Crippen LogP contribution in [0.1, 0.15) is 12.8 Å². The van der Waals surface area contributed by atoms with Gasteiger partial charge in [-0.3, -0.25) is 0 Å². The number of halogens is 1. The molecule has 3 rings (SSSR count). The summed E-state index contributed by atoms with van der Waals surface area (Å²) >= 11 is 0. The molecule has 0 amide bonds. The highest BCUT2D eigenvalue weighted by atomic mass is 32.2. The van der Waals surface area contributed by atoms with Gasteiger partial charge in [0.25, 0.3) is 0 Å². The van der Waals surface area contributed by atoms with Gasteiger partial charge < -0.3 is 9.47 Å². The highest BCUT2D eigenvalue weighted by molar-refractivity contribution is 7.92. The summed E-state index contributed by atoms with van der Waals surface area (Å²) < 4.78 is 76.1. The van der Waals surface area contributed by atoms with E-state index >= 15 is 0 Å². The summed E-state index contributed by atoms with van der Waals surface area (Å²) in [6, 6.07) is 8.99. The van der Waals surface area contributed by atoms with Gasteiger partial charge in [0.2, 0.25) is 10.0 Å². The highest BCUT2D eigenvalue weighted by Crippen LogP contribution is 2.32. The van der Waals surface area contributed by atoms with Gasteiger partial charge in [-0.15, -0.1) is 0 Å². The third-order valence-corrected chi connectivity index (χ3v) is 9.15. The molecule has 29 heavy (non-hydrogen) atoms. The van der Waals surface area contributed by atoms with E-state index in [1.54, 1.807) is 0 Å². The van der Waals surface area contributed by atoms with E-state index in [9.17, 15) is 21.2 Å². The number of benzene rings is 2. The molecule has 2 aromatic rings. The normalized spacial score (nSPS) is 16.5. The number of rotatable bonds is 6. The van der Waals surface area contributed by atoms with Gasteiger partial charge in [-0.25, -0.2) is 21.2 Å². The number of nitrogens with zero attached hydrogens (tertiary/aromatic N) is 1. The van der Waals surface area contributed by atoms with Crippen molar-refractivity contribution >= 4 is 19.9 Å². The molecule has 158 valence electrons. The number of sulfone groups is 1. The van der Waals surface area contributed by atoms with Crippen LogP contribution >= 0.6 is 0 Å². The van der Waals surface area contributed by atoms with Crippen molar-refractivity contribution in [2.24, 2.45) is 0 Å². The lowest BCUT2D eigenvalue weighted by Gasteiger charge is -2.31. The maximum atomic E-state index is 13.1. The summed E-state index contributed by atoms with van der Waals surface area (Å²) in [6.07, 6.45) is 0.318. The molecule has 1 saturated heterocycles. The van der Waals surface area contributed by atoms with E-state index in [0.29, 0.717) is 11.5 Å². The third-order valence-electron chi connectivity index (χ3n) is 4.97. The van der Waals surface area contributed by atoms with E-state index in [-0.39, 0.29) is 35.7 Å². The van der Waals surface area contributed by atoms with Crippen LogP contribution in [0.5, 0.6) is 11.5 Å². The van der Waals surface area contributed by atoms with Crippen LogP contribution in [0, 0.1) is 5.82 Å². The number of piperidine rings is 1. The van der Waals surface area contributed by atoms with Crippen LogP contribution in [-0.2, 0) is 19.9 Å². The largest absolute Gasteiger partial charge is 0.493 e. The van der Waals surface area contributed by atoms with Gasteiger partial charge in [-0.2, -0.15) is 4.31 Å². The number of methoxy groups -OCH3 is 2. The van der Waals surface area contributed by atoms with Crippen molar-refractivity contribution in [2.75, 3.05) is 27.3 Å². The zero-order valence-electron chi connectivity index (χ0n) is 16.0. The quantitative estimate of drug-likeness (QED) is 0.637. The summed E-state index contributed by atoms with van der Waals surface area (Å²) in [5, 5.41) is -0.718. The first-order valence-electron chi connectivity index (χ1n) is 8.92. The zero-order chi connectivity index (χ0) is 21.2. The van der Waals surface area contributed by atoms with Crippen molar-refractivity contribution < 1.29 is 30.7 Å². The number of ether oxygens (including phenoxy) is 2. The molecule has 0 aromatic heterocycles. The monoisotopic (exact) mass is 443 g/mol. The second kappa shape index (κ2) is 8.29. The molecule has 7 nitrogen and oxygen atoms in total. The predicted molar refractivity (Wildman–Crippen MR) is 105 cm³/mol. The van der Waals surface area contributed by atoms with Crippen LogP contribution in [0.4, 0.5) is 4.39 Å². The molecular weight excluding hydrogens is 421 g/mol. The molecule has 10 heteroatoms. The van der Waals surface area contributed by atoms with Gasteiger partial charge in [0, 0.05) is 19.2 Å². The third kappa shape index (κ3) is 4.24. The molecule has 0 atom stereocenters. The molecule has 1 heterocycles. The Kier molecular flexibility index (Phi) is 6.16. The molecule has 0 bridgehead atoms. The van der Waals surface area contributed by atoms with Crippen LogP contribution in [0.2, 0.25) is 0 Å². The topological polar surface area (TPSA) is 90.0 Å². The molecule has 0 saturated carbocycles. The molecule has 1 aliphatic heterocycles. The lowest BCUT2D eigenvalue weighted by atomic mass is 10.2. The molecule has 1 fully saturated rings. The first-order chi connectivity index (χ1) is 13.7. The lowest BCUT2D eigenvalue weighted by Crippen LogP contribution is -2.42. The second-order valence-electron chi connectivity index (χ2n) is 6.62. The second-order valence-corrected chi connectivity index (χ2v) is 10.8. The Hall–Kier alpha value is -2.17. The summed E-state index contributed by atoms with van der Waals surface area (Å²) in [5.41, 5.74) is 0. The van der Waals surface area contributed by atoms with Crippen LogP contribution in [0.25, 0.3) is 0 Å². The van der Waals surface area contributed by atoms with E-state index in [0.717, 1.165) is 12.1 Å². The van der Waals surface area contributed by atoms with Crippen molar-refractivity contribution in [2.45, 2.75) is 27.9 Å². The van der Waals surface area contributed by atoms with Gasteiger partial charge in [0.05, 0.1) is 29.3 Å². The number of sulfonamides is 1. The Bertz CT molecular complexity index is 1080. The SMILES string of the molecule is COc1ccc(S(=O)(=O)N2CCC(S(=O)(=O)c3ccc(F)cc3)CC2)cc1OC. The molecule has 0 unspecified atom stereocenters. The van der Waals surface area contributed by atoms with Gasteiger partial charge in [0.1, 0.15) is 5.82 Å². The predicted octanol–water partition coefficient (Wildman–Crippen LogP) is 2.47.